The van der Waals surface area contributed by atoms with Crippen LogP contribution in [0.4, 0.5) is 10.1 Å². The van der Waals surface area contributed by atoms with Crippen LogP contribution in [-0.4, -0.2) is 28.9 Å². The molecule has 0 fully saturated rings. The standard InChI is InChI=1S/C13H18FNO4/c1-3-19-12(17)6-11(16)13(18)8-4-7(2)10(15)5-9(8)14/h4-5,11,13,16,18H,3,6,15H2,1-2H3. The van der Waals surface area contributed by atoms with E-state index < -0.39 is 30.4 Å². The molecule has 0 heterocycles. The van der Waals surface area contributed by atoms with E-state index in [-0.39, 0.29) is 17.9 Å². The van der Waals surface area contributed by atoms with E-state index in [9.17, 15) is 19.4 Å². The van der Waals surface area contributed by atoms with Gasteiger partial charge in [0, 0.05) is 11.3 Å². The van der Waals surface area contributed by atoms with E-state index in [4.69, 9.17) is 5.73 Å². The molecule has 1 aromatic rings. The summed E-state index contributed by atoms with van der Waals surface area (Å²) < 4.78 is 18.3. The molecule has 0 aliphatic rings. The lowest BCUT2D eigenvalue weighted by atomic mass is 9.99. The van der Waals surface area contributed by atoms with Crippen molar-refractivity contribution in [3.63, 3.8) is 0 Å². The van der Waals surface area contributed by atoms with E-state index in [2.05, 4.69) is 4.74 Å². The van der Waals surface area contributed by atoms with Crippen LogP contribution in [0.1, 0.15) is 30.6 Å². The fraction of sp³-hybridized carbons (Fsp3) is 0.462. The number of nitrogens with two attached hydrogens (primary N) is 1. The first-order valence-electron chi connectivity index (χ1n) is 5.94. The third kappa shape index (κ3) is 3.90. The second kappa shape index (κ2) is 6.49. The Balaban J connectivity index is 2.85. The Kier molecular flexibility index (Phi) is 5.26. The maximum atomic E-state index is 13.7. The summed E-state index contributed by atoms with van der Waals surface area (Å²) in [5.41, 5.74) is 6.27. The van der Waals surface area contributed by atoms with Gasteiger partial charge < -0.3 is 20.7 Å². The van der Waals surface area contributed by atoms with Crippen molar-refractivity contribution in [2.24, 2.45) is 0 Å². The molecule has 106 valence electrons. The molecule has 1 rings (SSSR count). The van der Waals surface area contributed by atoms with Gasteiger partial charge in [0.15, 0.2) is 0 Å². The number of carbonyl (C=O) groups excluding carboxylic acids is 1. The number of esters is 1. The Morgan fingerprint density at radius 2 is 2.11 bits per heavy atom. The molecule has 6 heteroatoms. The smallest absolute Gasteiger partial charge is 0.308 e. The third-order valence-corrected chi connectivity index (χ3v) is 2.75. The van der Waals surface area contributed by atoms with Crippen LogP contribution < -0.4 is 5.73 Å². The number of aliphatic hydroxyl groups is 2. The number of nitrogen functional groups attached to an aromatic ring is 1. The fourth-order valence-corrected chi connectivity index (χ4v) is 1.66. The maximum Gasteiger partial charge on any atom is 0.308 e. The molecule has 0 aliphatic heterocycles. The zero-order chi connectivity index (χ0) is 14.6. The van der Waals surface area contributed by atoms with Gasteiger partial charge in [-0.1, -0.05) is 0 Å². The summed E-state index contributed by atoms with van der Waals surface area (Å²) in [6.07, 6.45) is -3.35. The molecule has 4 N–H and O–H groups in total. The van der Waals surface area contributed by atoms with Gasteiger partial charge in [-0.15, -0.1) is 0 Å². The molecule has 0 spiro atoms. The van der Waals surface area contributed by atoms with E-state index in [1.165, 1.54) is 6.07 Å². The highest BCUT2D eigenvalue weighted by atomic mass is 19.1. The summed E-state index contributed by atoms with van der Waals surface area (Å²) in [5.74, 6) is -1.37. The molecular formula is C13H18FNO4. The summed E-state index contributed by atoms with van der Waals surface area (Å²) in [6.45, 7) is 3.46. The first-order valence-corrected chi connectivity index (χ1v) is 5.94. The number of aryl methyl sites for hydroxylation is 1. The predicted octanol–water partition coefficient (Wildman–Crippen LogP) is 1.06. The van der Waals surface area contributed by atoms with Crippen molar-refractivity contribution in [1.82, 2.24) is 0 Å². The minimum atomic E-state index is -1.51. The molecule has 2 atom stereocenters. The van der Waals surface area contributed by atoms with Crippen molar-refractivity contribution in [2.45, 2.75) is 32.5 Å². The summed E-state index contributed by atoms with van der Waals surface area (Å²) in [7, 11) is 0. The SMILES string of the molecule is CCOC(=O)CC(O)C(O)c1cc(C)c(N)cc1F. The van der Waals surface area contributed by atoms with Crippen LogP contribution >= 0.6 is 0 Å². The van der Waals surface area contributed by atoms with Gasteiger partial charge in [-0.25, -0.2) is 4.39 Å². The van der Waals surface area contributed by atoms with E-state index >= 15 is 0 Å². The third-order valence-electron chi connectivity index (χ3n) is 2.75. The highest BCUT2D eigenvalue weighted by molar-refractivity contribution is 5.70. The van der Waals surface area contributed by atoms with Crippen molar-refractivity contribution in [3.8, 4) is 0 Å². The van der Waals surface area contributed by atoms with Crippen LogP contribution in [0.2, 0.25) is 0 Å². The Labute approximate surface area is 110 Å². The molecule has 19 heavy (non-hydrogen) atoms. The fourth-order valence-electron chi connectivity index (χ4n) is 1.66. The minimum Gasteiger partial charge on any atom is -0.466 e. The van der Waals surface area contributed by atoms with E-state index in [1.807, 2.05) is 0 Å². The first-order chi connectivity index (χ1) is 8.86. The van der Waals surface area contributed by atoms with Crippen LogP contribution in [0, 0.1) is 12.7 Å². The van der Waals surface area contributed by atoms with Gasteiger partial charge in [-0.05, 0) is 31.5 Å². The molecule has 0 saturated heterocycles. The average Bonchev–Trinajstić information content (AvgIpc) is 2.33. The number of hydrogen-bond donors (Lipinski definition) is 3. The number of rotatable bonds is 5. The Bertz CT molecular complexity index is 464. The topological polar surface area (TPSA) is 92.8 Å². The van der Waals surface area contributed by atoms with E-state index in [0.717, 1.165) is 6.07 Å². The molecule has 0 amide bonds. The van der Waals surface area contributed by atoms with Crippen molar-refractivity contribution in [2.75, 3.05) is 12.3 Å². The lowest BCUT2D eigenvalue weighted by Gasteiger charge is -2.19. The molecule has 2 unspecified atom stereocenters. The number of anilines is 1. The highest BCUT2D eigenvalue weighted by Gasteiger charge is 2.25. The van der Waals surface area contributed by atoms with E-state index in [0.29, 0.717) is 5.56 Å². The van der Waals surface area contributed by atoms with Crippen molar-refractivity contribution >= 4 is 11.7 Å². The summed E-state index contributed by atoms with van der Waals surface area (Å²) in [4.78, 5) is 11.2. The molecule has 0 bridgehead atoms. The van der Waals surface area contributed by atoms with Crippen LogP contribution in [0.5, 0.6) is 0 Å². The zero-order valence-electron chi connectivity index (χ0n) is 10.9. The van der Waals surface area contributed by atoms with Gasteiger partial charge in [0.05, 0.1) is 19.1 Å². The first kappa shape index (κ1) is 15.4. The molecule has 0 aliphatic carbocycles. The van der Waals surface area contributed by atoms with Gasteiger partial charge in [0.1, 0.15) is 11.9 Å². The number of ether oxygens (including phenoxy) is 1. The van der Waals surface area contributed by atoms with Gasteiger partial charge >= 0.3 is 5.97 Å². The van der Waals surface area contributed by atoms with Gasteiger partial charge in [0.2, 0.25) is 0 Å². The minimum absolute atomic E-state index is 0.0940. The summed E-state index contributed by atoms with van der Waals surface area (Å²) in [5, 5.41) is 19.6. The van der Waals surface area contributed by atoms with Crippen LogP contribution in [0.25, 0.3) is 0 Å². The monoisotopic (exact) mass is 271 g/mol. The summed E-state index contributed by atoms with van der Waals surface area (Å²) >= 11 is 0. The Morgan fingerprint density at radius 3 is 2.68 bits per heavy atom. The van der Waals surface area contributed by atoms with Crippen LogP contribution in [-0.2, 0) is 9.53 Å². The quantitative estimate of drug-likeness (QED) is 0.550. The molecule has 0 radical (unpaired) electrons. The van der Waals surface area contributed by atoms with Gasteiger partial charge in [0.25, 0.3) is 0 Å². The lowest BCUT2D eigenvalue weighted by Crippen LogP contribution is -2.24. The Morgan fingerprint density at radius 1 is 1.47 bits per heavy atom. The largest absolute Gasteiger partial charge is 0.466 e. The lowest BCUT2D eigenvalue weighted by molar-refractivity contribution is -0.147. The molecule has 1 aromatic carbocycles. The van der Waals surface area contributed by atoms with Crippen molar-refractivity contribution in [1.29, 1.82) is 0 Å². The number of benzene rings is 1. The molecular weight excluding hydrogens is 253 g/mol. The molecule has 5 nitrogen and oxygen atoms in total. The highest BCUT2D eigenvalue weighted by Crippen LogP contribution is 2.26. The van der Waals surface area contributed by atoms with Crippen molar-refractivity contribution in [3.05, 3.63) is 29.1 Å². The van der Waals surface area contributed by atoms with E-state index in [1.54, 1.807) is 13.8 Å². The predicted molar refractivity (Wildman–Crippen MR) is 67.8 cm³/mol. The average molecular weight is 271 g/mol. The molecule has 0 aromatic heterocycles. The second-order valence-electron chi connectivity index (χ2n) is 4.25. The van der Waals surface area contributed by atoms with Crippen LogP contribution in [0.15, 0.2) is 12.1 Å². The van der Waals surface area contributed by atoms with Gasteiger partial charge in [-0.2, -0.15) is 0 Å². The molecule has 0 saturated carbocycles. The number of aliphatic hydroxyl groups excluding tert-OH is 2. The van der Waals surface area contributed by atoms with Gasteiger partial charge in [-0.3, -0.25) is 4.79 Å². The second-order valence-corrected chi connectivity index (χ2v) is 4.25. The summed E-state index contributed by atoms with van der Waals surface area (Å²) in [6, 6.07) is 2.43. The Hall–Kier alpha value is -1.66. The van der Waals surface area contributed by atoms with Crippen molar-refractivity contribution < 1.29 is 24.1 Å². The normalized spacial score (nSPS) is 13.9. The maximum absolute atomic E-state index is 13.7. The zero-order valence-corrected chi connectivity index (χ0v) is 10.9. The van der Waals surface area contributed by atoms with Crippen LogP contribution in [0.3, 0.4) is 0 Å². The number of hydrogen-bond acceptors (Lipinski definition) is 5. The number of halogens is 1. The number of carbonyl (C=O) groups is 1.